The summed E-state index contributed by atoms with van der Waals surface area (Å²) in [5.41, 5.74) is 0. The number of nitrogens with zero attached hydrogens (tertiary/aromatic N) is 10. The highest BCUT2D eigenvalue weighted by atomic mass is 15.3. The summed E-state index contributed by atoms with van der Waals surface area (Å²) in [6.45, 7) is 115. The zero-order valence-electron chi connectivity index (χ0n) is 89.6. The van der Waals surface area contributed by atoms with Crippen molar-refractivity contribution in [2.24, 2.45) is 71.0 Å². The molecule has 12 unspecified atom stereocenters. The van der Waals surface area contributed by atoms with E-state index in [1.807, 2.05) is 0 Å². The first kappa shape index (κ1) is 118. The largest absolute Gasteiger partial charge is 0.298 e. The van der Waals surface area contributed by atoms with E-state index in [1.54, 1.807) is 0 Å². The van der Waals surface area contributed by atoms with Gasteiger partial charge in [0.05, 0.1) is 0 Å². The van der Waals surface area contributed by atoms with Gasteiger partial charge in [0.2, 0.25) is 0 Å². The van der Waals surface area contributed by atoms with Gasteiger partial charge in [-0.3, -0.25) is 49.0 Å². The van der Waals surface area contributed by atoms with Gasteiger partial charge in [-0.15, -0.1) is 0 Å². The Labute approximate surface area is 747 Å². The molecule has 0 aliphatic carbocycles. The van der Waals surface area contributed by atoms with Gasteiger partial charge in [-0.1, -0.05) is 218 Å². The molecule has 10 heteroatoms. The lowest BCUT2D eigenvalue weighted by atomic mass is 9.90. The van der Waals surface area contributed by atoms with Crippen LogP contribution in [0.3, 0.4) is 0 Å². The average Bonchev–Trinajstić information content (AvgIpc) is 1.57. The normalized spacial score (nSPS) is 27.1. The first-order chi connectivity index (χ1) is 54.9. The maximum atomic E-state index is 2.71. The van der Waals surface area contributed by atoms with Crippen molar-refractivity contribution < 1.29 is 0 Å². The van der Waals surface area contributed by atoms with Crippen LogP contribution in [0.15, 0.2) is 0 Å². The zero-order valence-corrected chi connectivity index (χ0v) is 89.6. The predicted molar refractivity (Wildman–Crippen MR) is 536 cm³/mol. The van der Waals surface area contributed by atoms with Crippen LogP contribution < -0.4 is 0 Å². The van der Waals surface area contributed by atoms with E-state index < -0.39 is 0 Å². The van der Waals surface area contributed by atoms with E-state index in [9.17, 15) is 0 Å². The standard InChI is InChI=1S/2C12H25N.2C11H23N.2C10H21N.2C9H19N.2C8H17N.C8H18/c2*1-10(2)12-8-6-5-7-9-13(12)11(3)4;2*1-9(2)11-7-5-6-8-12(11)10(3)4;2*1-8(2)10-6-5-7-11(10)9(3)4;2*1-7(2)9-5-6-10(9)8(3)4;2*1-6(2)8-5-9(8)7(3)4;1-7(2)5-6-8(3)4/h2*10-12H,5-9H2,1-4H3;2*9-11H,5-8H2,1-4H3;2*8-10H,5-7H2,1-4H3;2*7-9H,5-6H2,1-4H3;2*6-8H,5H2,1-4H3;7-8H,5-6H2,1-4H3. The van der Waals surface area contributed by atoms with Crippen molar-refractivity contribution in [1.82, 2.24) is 49.0 Å². The number of hydrogen-bond acceptors (Lipinski definition) is 10. The van der Waals surface area contributed by atoms with Gasteiger partial charge in [-0.05, 0) is 339 Å². The molecule has 10 rings (SSSR count). The lowest BCUT2D eigenvalue weighted by Crippen LogP contribution is -2.53. The molecule has 10 fully saturated rings. The number of piperidine rings is 2. The Kier molecular flexibility index (Phi) is 62.5. The second-order valence-electron chi connectivity index (χ2n) is 46.3. The highest BCUT2D eigenvalue weighted by Crippen LogP contribution is 2.34. The molecule has 0 aromatic rings. The molecule has 0 amide bonds. The van der Waals surface area contributed by atoms with Crippen molar-refractivity contribution in [3.63, 3.8) is 0 Å². The third kappa shape index (κ3) is 46.5. The summed E-state index contributed by atoms with van der Waals surface area (Å²) in [6, 6.07) is 16.0. The smallest absolute Gasteiger partial charge is 0.0249 e. The summed E-state index contributed by atoms with van der Waals surface area (Å²) in [6.07, 6.45) is 31.1. The Balaban J connectivity index is 0.00000128. The van der Waals surface area contributed by atoms with E-state index in [2.05, 4.69) is 354 Å². The van der Waals surface area contributed by atoms with Crippen LogP contribution in [-0.4, -0.2) is 235 Å². The average molecular weight is 1670 g/mol. The highest BCUT2D eigenvalue weighted by Gasteiger charge is 2.40. The number of hydrogen-bond donors (Lipinski definition) is 0. The quantitative estimate of drug-likeness (QED) is 0.0923. The summed E-state index contributed by atoms with van der Waals surface area (Å²) in [7, 11) is 0. The second-order valence-corrected chi connectivity index (χ2v) is 46.3. The minimum atomic E-state index is 0.727. The first-order valence-corrected chi connectivity index (χ1v) is 52.5. The predicted octanol–water partition coefficient (Wildman–Crippen LogP) is 28.2. The second kappa shape index (κ2) is 62.7. The molecule has 0 saturated carbocycles. The maximum Gasteiger partial charge on any atom is 0.0249 e. The van der Waals surface area contributed by atoms with E-state index in [-0.39, 0.29) is 0 Å². The molecule has 0 N–H and O–H groups in total. The fourth-order valence-corrected chi connectivity index (χ4v) is 21.0. The zero-order chi connectivity index (χ0) is 90.9. The van der Waals surface area contributed by atoms with Gasteiger partial charge < -0.3 is 0 Å². The molecular formula is C108H228N10. The summed E-state index contributed by atoms with van der Waals surface area (Å²) in [4.78, 5) is 26.3. The number of rotatable bonds is 23. The fourth-order valence-electron chi connectivity index (χ4n) is 21.0. The third-order valence-electron chi connectivity index (χ3n) is 28.8. The molecule has 118 heavy (non-hydrogen) atoms. The molecule has 710 valence electrons. The monoisotopic (exact) mass is 1670 g/mol. The van der Waals surface area contributed by atoms with E-state index in [4.69, 9.17) is 0 Å². The Morgan fingerprint density at radius 1 is 0.144 bits per heavy atom. The summed E-state index contributed by atoms with van der Waals surface area (Å²) in [5, 5.41) is 0. The Morgan fingerprint density at radius 2 is 0.288 bits per heavy atom. The van der Waals surface area contributed by atoms with Crippen LogP contribution in [0.1, 0.15) is 446 Å². The van der Waals surface area contributed by atoms with Crippen LogP contribution in [-0.2, 0) is 0 Å². The molecule has 12 atom stereocenters. The maximum absolute atomic E-state index is 2.71. The molecule has 0 bridgehead atoms. The molecule has 0 spiro atoms. The lowest BCUT2D eigenvalue weighted by molar-refractivity contribution is 0.0265. The molecule has 10 aliphatic rings. The Bertz CT molecular complexity index is 2010. The van der Waals surface area contributed by atoms with E-state index in [1.165, 1.54) is 207 Å². The third-order valence-corrected chi connectivity index (χ3v) is 28.8. The van der Waals surface area contributed by atoms with E-state index in [0.717, 1.165) is 192 Å². The van der Waals surface area contributed by atoms with Gasteiger partial charge in [0.25, 0.3) is 0 Å². The summed E-state index contributed by atoms with van der Waals surface area (Å²) >= 11 is 0. The van der Waals surface area contributed by atoms with Gasteiger partial charge in [-0.25, -0.2) is 0 Å². The molecule has 0 aromatic carbocycles. The van der Waals surface area contributed by atoms with Crippen molar-refractivity contribution in [3.8, 4) is 0 Å². The molecule has 10 heterocycles. The minimum absolute atomic E-state index is 0.727. The SMILES string of the molecule is CC(C)C1CCCCCN1C(C)C.CC(C)C1CCCCCN1C(C)C.CC(C)C1CCCCN1C(C)C.CC(C)C1CCCCN1C(C)C.CC(C)C1CCCN1C(C)C.CC(C)C1CCCN1C(C)C.CC(C)C1CCN1C(C)C.CC(C)C1CCN1C(C)C.CC(C)C1CN1C(C)C.CC(C)C1CN1C(C)C.CC(C)CCC(C)C. The van der Waals surface area contributed by atoms with Crippen molar-refractivity contribution in [1.29, 1.82) is 0 Å². The van der Waals surface area contributed by atoms with Crippen molar-refractivity contribution in [2.45, 2.75) is 567 Å². The molecular weight excluding hydrogens is 1440 g/mol. The van der Waals surface area contributed by atoms with Crippen LogP contribution in [0.25, 0.3) is 0 Å². The minimum Gasteiger partial charge on any atom is -0.298 e. The van der Waals surface area contributed by atoms with Gasteiger partial charge in [0.15, 0.2) is 0 Å². The van der Waals surface area contributed by atoms with Crippen LogP contribution in [0, 0.1) is 71.0 Å². The summed E-state index contributed by atoms with van der Waals surface area (Å²) in [5.74, 6) is 10.1. The number of likely N-dealkylation sites (tertiary alicyclic amines) is 8. The Hall–Kier alpha value is -0.400. The van der Waals surface area contributed by atoms with Crippen molar-refractivity contribution in [3.05, 3.63) is 0 Å². The first-order valence-electron chi connectivity index (χ1n) is 52.5. The van der Waals surface area contributed by atoms with Gasteiger partial charge in [0.1, 0.15) is 0 Å². The van der Waals surface area contributed by atoms with Crippen LogP contribution >= 0.6 is 0 Å². The highest BCUT2D eigenvalue weighted by molar-refractivity contribution is 4.95. The molecule has 10 nitrogen and oxygen atoms in total. The fraction of sp³-hybridized carbons (Fsp3) is 1.00. The van der Waals surface area contributed by atoms with Crippen LogP contribution in [0.2, 0.25) is 0 Å². The summed E-state index contributed by atoms with van der Waals surface area (Å²) < 4.78 is 0. The van der Waals surface area contributed by atoms with Crippen LogP contribution in [0.4, 0.5) is 0 Å². The Morgan fingerprint density at radius 3 is 0.415 bits per heavy atom. The van der Waals surface area contributed by atoms with Crippen molar-refractivity contribution in [2.75, 3.05) is 65.4 Å². The topological polar surface area (TPSA) is 31.9 Å². The van der Waals surface area contributed by atoms with E-state index in [0.29, 0.717) is 0 Å². The van der Waals surface area contributed by atoms with Gasteiger partial charge >= 0.3 is 0 Å². The molecule has 10 aliphatic heterocycles. The van der Waals surface area contributed by atoms with Crippen LogP contribution in [0.5, 0.6) is 0 Å². The molecule has 0 aromatic heterocycles. The van der Waals surface area contributed by atoms with Crippen molar-refractivity contribution >= 4 is 0 Å². The van der Waals surface area contributed by atoms with E-state index >= 15 is 0 Å². The molecule has 10 saturated heterocycles. The van der Waals surface area contributed by atoms with Gasteiger partial charge in [0, 0.05) is 147 Å². The van der Waals surface area contributed by atoms with Gasteiger partial charge in [-0.2, -0.15) is 0 Å². The lowest BCUT2D eigenvalue weighted by Gasteiger charge is -2.46. The molecule has 0 radical (unpaired) electrons.